The molecule has 1 heterocycles. The highest BCUT2D eigenvalue weighted by atomic mass is 16.4. The van der Waals surface area contributed by atoms with Gasteiger partial charge in [0.15, 0.2) is 0 Å². The molecule has 1 saturated heterocycles. The number of hydrogen-bond donors (Lipinski definition) is 4. The molecular weight excluding hydrogens is 342 g/mol. The molecule has 5 heteroatoms. The monoisotopic (exact) mass is 377 g/mol. The molecule has 0 radical (unpaired) electrons. The Morgan fingerprint density at radius 2 is 1.85 bits per heavy atom. The van der Waals surface area contributed by atoms with Gasteiger partial charge in [-0.3, -0.25) is 4.90 Å². The highest BCUT2D eigenvalue weighted by Crippen LogP contribution is 2.83. The Bertz CT molecular complexity index is 687. The van der Waals surface area contributed by atoms with Gasteiger partial charge in [0.1, 0.15) is 5.60 Å². The number of rotatable bonds is 2. The summed E-state index contributed by atoms with van der Waals surface area (Å²) in [7, 11) is 0. The van der Waals surface area contributed by atoms with Crippen LogP contribution in [0.4, 0.5) is 0 Å². The lowest BCUT2D eigenvalue weighted by molar-refractivity contribution is -0.297. The van der Waals surface area contributed by atoms with Crippen molar-refractivity contribution in [2.24, 2.45) is 39.9 Å². The van der Waals surface area contributed by atoms with Crippen LogP contribution in [0.2, 0.25) is 0 Å². The smallest absolute Gasteiger partial charge is 0.117 e. The zero-order valence-corrected chi connectivity index (χ0v) is 16.6. The van der Waals surface area contributed by atoms with Crippen molar-refractivity contribution in [3.63, 3.8) is 0 Å². The van der Waals surface area contributed by atoms with Crippen molar-refractivity contribution in [2.45, 2.75) is 76.2 Å². The topological polar surface area (TPSA) is 84.2 Å². The van der Waals surface area contributed by atoms with E-state index in [4.69, 9.17) is 0 Å². The lowest BCUT2D eigenvalue weighted by Gasteiger charge is -2.69. The van der Waals surface area contributed by atoms with E-state index in [0.717, 1.165) is 51.6 Å². The average Bonchev–Trinajstić information content (AvgIpc) is 3.12. The largest absolute Gasteiger partial charge is 0.393 e. The molecule has 4 N–H and O–H groups in total. The molecule has 6 aliphatic carbocycles. The zero-order chi connectivity index (χ0) is 19.0. The highest BCUT2D eigenvalue weighted by molar-refractivity contribution is 5.35. The zero-order valence-electron chi connectivity index (χ0n) is 16.6. The Kier molecular flexibility index (Phi) is 3.21. The van der Waals surface area contributed by atoms with Gasteiger partial charge in [0.25, 0.3) is 0 Å². The molecule has 7 rings (SSSR count). The van der Waals surface area contributed by atoms with Crippen molar-refractivity contribution in [3.05, 3.63) is 0 Å². The minimum Gasteiger partial charge on any atom is -0.393 e. The van der Waals surface area contributed by atoms with Crippen molar-refractivity contribution in [1.29, 1.82) is 0 Å². The third-order valence-corrected chi connectivity index (χ3v) is 11.1. The second-order valence-corrected chi connectivity index (χ2v) is 11.3. The number of likely N-dealkylation sites (tertiary alicyclic amines) is 1. The first-order valence-electron chi connectivity index (χ1n) is 11.2. The fourth-order valence-corrected chi connectivity index (χ4v) is 10.4. The molecule has 5 nitrogen and oxygen atoms in total. The Morgan fingerprint density at radius 3 is 2.56 bits per heavy atom. The number of aliphatic hydroxyl groups excluding tert-OH is 3. The van der Waals surface area contributed by atoms with Gasteiger partial charge in [0, 0.05) is 23.4 Å². The number of piperidine rings is 1. The van der Waals surface area contributed by atoms with Gasteiger partial charge in [-0.05, 0) is 74.2 Å². The molecular formula is C22H35NO4. The summed E-state index contributed by atoms with van der Waals surface area (Å²) in [6.07, 6.45) is 4.61. The Labute approximate surface area is 161 Å². The molecule has 7 fully saturated rings. The molecule has 0 amide bonds. The van der Waals surface area contributed by atoms with E-state index in [-0.39, 0.29) is 40.8 Å². The van der Waals surface area contributed by atoms with Crippen LogP contribution in [0.25, 0.3) is 0 Å². The number of nitrogens with zero attached hydrogens (tertiary/aromatic N) is 1. The number of hydrogen-bond acceptors (Lipinski definition) is 5. The van der Waals surface area contributed by atoms with Crippen molar-refractivity contribution in [3.8, 4) is 0 Å². The average molecular weight is 378 g/mol. The van der Waals surface area contributed by atoms with Crippen LogP contribution in [0.5, 0.6) is 0 Å². The summed E-state index contributed by atoms with van der Waals surface area (Å²) in [6, 6.07) is 0.329. The van der Waals surface area contributed by atoms with Gasteiger partial charge in [-0.25, -0.2) is 0 Å². The van der Waals surface area contributed by atoms with Crippen molar-refractivity contribution < 1.29 is 20.4 Å². The third kappa shape index (κ3) is 1.53. The van der Waals surface area contributed by atoms with Gasteiger partial charge in [-0.15, -0.1) is 0 Å². The van der Waals surface area contributed by atoms with Gasteiger partial charge in [-0.1, -0.05) is 13.8 Å². The van der Waals surface area contributed by atoms with Gasteiger partial charge >= 0.3 is 0 Å². The predicted molar refractivity (Wildman–Crippen MR) is 99.7 cm³/mol. The predicted octanol–water partition coefficient (Wildman–Crippen LogP) is 0.988. The van der Waals surface area contributed by atoms with E-state index < -0.39 is 11.7 Å². The first-order valence-corrected chi connectivity index (χ1v) is 11.2. The first-order chi connectivity index (χ1) is 12.8. The molecule has 0 aromatic heterocycles. The molecule has 1 aliphatic heterocycles. The number of fused-ring (bicyclic) bond motifs is 2. The van der Waals surface area contributed by atoms with Crippen LogP contribution in [-0.2, 0) is 0 Å². The molecule has 152 valence electrons. The van der Waals surface area contributed by atoms with E-state index in [2.05, 4.69) is 18.7 Å². The second kappa shape index (κ2) is 4.92. The van der Waals surface area contributed by atoms with E-state index >= 15 is 0 Å². The molecule has 2 spiro atoms. The van der Waals surface area contributed by atoms with Crippen molar-refractivity contribution in [2.75, 3.05) is 19.7 Å². The van der Waals surface area contributed by atoms with Gasteiger partial charge in [0.05, 0.1) is 18.8 Å². The lowest BCUT2D eigenvalue weighted by Crippen LogP contribution is -2.74. The van der Waals surface area contributed by atoms with Crippen LogP contribution in [0.3, 0.4) is 0 Å². The second-order valence-electron chi connectivity index (χ2n) is 11.3. The molecule has 0 aromatic carbocycles. The van der Waals surface area contributed by atoms with E-state index in [9.17, 15) is 20.4 Å². The molecule has 11 unspecified atom stereocenters. The van der Waals surface area contributed by atoms with Crippen LogP contribution in [0, 0.1) is 39.9 Å². The SMILES string of the molecule is CCN1CC2(C)CCC(O)C34C1C(CC23)C12CCC(CC14)C(O)(CO)C2O. The van der Waals surface area contributed by atoms with Crippen molar-refractivity contribution >= 4 is 0 Å². The summed E-state index contributed by atoms with van der Waals surface area (Å²) < 4.78 is 0. The van der Waals surface area contributed by atoms with E-state index in [1.165, 1.54) is 0 Å². The maximum Gasteiger partial charge on any atom is 0.117 e. The van der Waals surface area contributed by atoms with E-state index in [1.54, 1.807) is 0 Å². The molecule has 7 aliphatic rings. The van der Waals surface area contributed by atoms with Crippen LogP contribution in [0.15, 0.2) is 0 Å². The summed E-state index contributed by atoms with van der Waals surface area (Å²) in [5, 5.41) is 44.3. The minimum absolute atomic E-state index is 0.0470. The molecule has 6 saturated carbocycles. The molecule has 11 atom stereocenters. The van der Waals surface area contributed by atoms with Crippen LogP contribution in [-0.4, -0.2) is 68.9 Å². The molecule has 0 aromatic rings. The first kappa shape index (κ1) is 17.6. The summed E-state index contributed by atoms with van der Waals surface area (Å²) >= 11 is 0. The maximum atomic E-state index is 11.5. The lowest BCUT2D eigenvalue weighted by atomic mass is 9.38. The summed E-state index contributed by atoms with van der Waals surface area (Å²) in [5.74, 6) is 1.10. The fraction of sp³-hybridized carbons (Fsp3) is 1.00. The minimum atomic E-state index is -1.36. The van der Waals surface area contributed by atoms with Gasteiger partial charge < -0.3 is 20.4 Å². The van der Waals surface area contributed by atoms with Gasteiger partial charge in [0.2, 0.25) is 0 Å². The fourth-order valence-electron chi connectivity index (χ4n) is 10.4. The Morgan fingerprint density at radius 1 is 1.07 bits per heavy atom. The van der Waals surface area contributed by atoms with Crippen LogP contribution < -0.4 is 0 Å². The maximum absolute atomic E-state index is 11.5. The standard InChI is InChI=1S/C22H35NO4/c1-3-23-10-19(2)6-5-16(25)22-14(19)9-13(17(22)23)20-7-4-12(8-15(20)22)21(27,11-24)18(20)26/h12-18,24-27H,3-11H2,1-2H3. The summed E-state index contributed by atoms with van der Waals surface area (Å²) in [6.45, 7) is 6.43. The van der Waals surface area contributed by atoms with Gasteiger partial charge in [-0.2, -0.15) is 0 Å². The normalized spacial score (nSPS) is 66.2. The Hall–Kier alpha value is -0.200. The number of aliphatic hydroxyl groups is 4. The third-order valence-electron chi connectivity index (χ3n) is 11.1. The molecule has 7 bridgehead atoms. The summed E-state index contributed by atoms with van der Waals surface area (Å²) in [5.41, 5.74) is -1.55. The van der Waals surface area contributed by atoms with Crippen LogP contribution >= 0.6 is 0 Å². The van der Waals surface area contributed by atoms with Crippen LogP contribution in [0.1, 0.15) is 52.4 Å². The highest BCUT2D eigenvalue weighted by Gasteiger charge is 2.86. The summed E-state index contributed by atoms with van der Waals surface area (Å²) in [4.78, 5) is 2.63. The Balaban J connectivity index is 1.58. The molecule has 27 heavy (non-hydrogen) atoms. The van der Waals surface area contributed by atoms with E-state index in [1.807, 2.05) is 0 Å². The van der Waals surface area contributed by atoms with Crippen molar-refractivity contribution in [1.82, 2.24) is 4.90 Å². The quantitative estimate of drug-likeness (QED) is 0.577. The van der Waals surface area contributed by atoms with E-state index in [0.29, 0.717) is 17.9 Å².